The van der Waals surface area contributed by atoms with Gasteiger partial charge in [0.05, 0.1) is 0 Å². The molecule has 0 saturated heterocycles. The molecule has 0 fully saturated rings. The second kappa shape index (κ2) is 5.61. The number of esters is 1. The van der Waals surface area contributed by atoms with Gasteiger partial charge in [-0.25, -0.2) is 0 Å². The van der Waals surface area contributed by atoms with Crippen molar-refractivity contribution in [2.45, 2.75) is 33.3 Å². The molecule has 1 aromatic heterocycles. The van der Waals surface area contributed by atoms with Crippen LogP contribution in [0.4, 0.5) is 0 Å². The third kappa shape index (κ3) is 4.22. The highest BCUT2D eigenvalue weighted by molar-refractivity contribution is 9.10. The molecular formula is C13H16BrNO3. The summed E-state index contributed by atoms with van der Waals surface area (Å²) in [6.45, 7) is 6.84. The number of rotatable bonds is 3. The van der Waals surface area contributed by atoms with Gasteiger partial charge in [-0.15, -0.1) is 0 Å². The van der Waals surface area contributed by atoms with Crippen molar-refractivity contribution in [1.29, 1.82) is 0 Å². The van der Waals surface area contributed by atoms with E-state index in [4.69, 9.17) is 4.74 Å². The zero-order valence-electron chi connectivity index (χ0n) is 10.9. The van der Waals surface area contributed by atoms with E-state index in [0.29, 0.717) is 10.0 Å². The third-order valence-electron chi connectivity index (χ3n) is 2.14. The fourth-order valence-corrected chi connectivity index (χ4v) is 1.66. The summed E-state index contributed by atoms with van der Waals surface area (Å²) >= 11 is 3.23. The van der Waals surface area contributed by atoms with Crippen molar-refractivity contribution in [3.8, 4) is 0 Å². The number of carbonyl (C=O) groups excluding carboxylic acids is 2. The molecule has 0 N–H and O–H groups in total. The Morgan fingerprint density at radius 3 is 2.44 bits per heavy atom. The minimum absolute atomic E-state index is 0.293. The molecule has 0 aliphatic heterocycles. The first-order chi connectivity index (χ1) is 8.20. The predicted molar refractivity (Wildman–Crippen MR) is 71.3 cm³/mol. The van der Waals surface area contributed by atoms with Crippen LogP contribution in [0.15, 0.2) is 22.9 Å². The first kappa shape index (κ1) is 14.8. The maximum Gasteiger partial charge on any atom is 0.317 e. The first-order valence-corrected chi connectivity index (χ1v) is 6.37. The fraction of sp³-hybridized carbons (Fsp3) is 0.462. The molecule has 1 unspecified atom stereocenters. The molecule has 5 heteroatoms. The second-order valence-corrected chi connectivity index (χ2v) is 5.93. The second-order valence-electron chi connectivity index (χ2n) is 5.01. The van der Waals surface area contributed by atoms with Gasteiger partial charge in [-0.05, 0) is 49.7 Å². The zero-order chi connectivity index (χ0) is 13.9. The van der Waals surface area contributed by atoms with Crippen LogP contribution >= 0.6 is 15.9 Å². The SMILES string of the molecule is CC(C(=O)OC(C)(C)C)C(=O)c1cncc(Br)c1. The Bertz CT molecular complexity index is 466. The topological polar surface area (TPSA) is 56.3 Å². The van der Waals surface area contributed by atoms with E-state index in [1.807, 2.05) is 0 Å². The highest BCUT2D eigenvalue weighted by Crippen LogP contribution is 2.17. The molecule has 4 nitrogen and oxygen atoms in total. The molecule has 1 aromatic rings. The van der Waals surface area contributed by atoms with Crippen LogP contribution in [-0.4, -0.2) is 22.3 Å². The van der Waals surface area contributed by atoms with Gasteiger partial charge in [-0.1, -0.05) is 0 Å². The largest absolute Gasteiger partial charge is 0.459 e. The molecule has 0 amide bonds. The van der Waals surface area contributed by atoms with Gasteiger partial charge in [0.15, 0.2) is 5.78 Å². The maximum absolute atomic E-state index is 12.1. The molecule has 0 aliphatic carbocycles. The highest BCUT2D eigenvalue weighted by Gasteiger charge is 2.28. The Morgan fingerprint density at radius 1 is 1.33 bits per heavy atom. The lowest BCUT2D eigenvalue weighted by Gasteiger charge is -2.21. The number of pyridine rings is 1. The zero-order valence-corrected chi connectivity index (χ0v) is 12.4. The van der Waals surface area contributed by atoms with Crippen molar-refractivity contribution in [3.05, 3.63) is 28.5 Å². The Hall–Kier alpha value is -1.23. The van der Waals surface area contributed by atoms with E-state index in [1.54, 1.807) is 33.0 Å². The summed E-state index contributed by atoms with van der Waals surface area (Å²) in [6, 6.07) is 1.64. The van der Waals surface area contributed by atoms with Crippen LogP contribution in [0.25, 0.3) is 0 Å². The molecule has 98 valence electrons. The Labute approximate surface area is 115 Å². The van der Waals surface area contributed by atoms with Crippen LogP contribution < -0.4 is 0 Å². The Kier molecular flexibility index (Phi) is 4.62. The average Bonchev–Trinajstić information content (AvgIpc) is 2.24. The van der Waals surface area contributed by atoms with Crippen molar-refractivity contribution < 1.29 is 14.3 Å². The summed E-state index contributed by atoms with van der Waals surface area (Å²) < 4.78 is 5.88. The van der Waals surface area contributed by atoms with E-state index in [2.05, 4.69) is 20.9 Å². The molecule has 1 atom stereocenters. The van der Waals surface area contributed by atoms with Crippen molar-refractivity contribution in [2.75, 3.05) is 0 Å². The van der Waals surface area contributed by atoms with E-state index in [-0.39, 0.29) is 5.78 Å². The number of hydrogen-bond donors (Lipinski definition) is 0. The molecule has 0 spiro atoms. The number of Topliss-reactive ketones (excluding diaryl/α,β-unsaturated/α-hetero) is 1. The number of halogens is 1. The number of ether oxygens (including phenoxy) is 1. The smallest absolute Gasteiger partial charge is 0.317 e. The normalized spacial score (nSPS) is 12.9. The van der Waals surface area contributed by atoms with Crippen LogP contribution in [0.3, 0.4) is 0 Å². The lowest BCUT2D eigenvalue weighted by molar-refractivity contribution is -0.157. The lowest BCUT2D eigenvalue weighted by Crippen LogP contribution is -2.31. The van der Waals surface area contributed by atoms with Gasteiger partial charge >= 0.3 is 5.97 Å². The molecule has 0 saturated carbocycles. The first-order valence-electron chi connectivity index (χ1n) is 5.58. The summed E-state index contributed by atoms with van der Waals surface area (Å²) in [5.74, 6) is -1.65. The van der Waals surface area contributed by atoms with Gasteiger partial charge in [-0.3, -0.25) is 14.6 Å². The summed E-state index contributed by atoms with van der Waals surface area (Å²) in [5, 5.41) is 0. The molecule has 0 bridgehead atoms. The highest BCUT2D eigenvalue weighted by atomic mass is 79.9. The summed E-state index contributed by atoms with van der Waals surface area (Å²) in [4.78, 5) is 27.7. The van der Waals surface area contributed by atoms with Gasteiger partial charge in [0.25, 0.3) is 0 Å². The van der Waals surface area contributed by atoms with Crippen molar-refractivity contribution in [2.24, 2.45) is 5.92 Å². The fourth-order valence-electron chi connectivity index (χ4n) is 1.29. The summed E-state index contributed by atoms with van der Waals surface area (Å²) in [5.41, 5.74) is -0.205. The van der Waals surface area contributed by atoms with E-state index in [9.17, 15) is 9.59 Å². The van der Waals surface area contributed by atoms with Crippen LogP contribution in [0.2, 0.25) is 0 Å². The number of ketones is 1. The molecule has 0 aromatic carbocycles. The number of aromatic nitrogens is 1. The van der Waals surface area contributed by atoms with E-state index >= 15 is 0 Å². The van der Waals surface area contributed by atoms with Gasteiger partial charge in [-0.2, -0.15) is 0 Å². The number of carbonyl (C=O) groups is 2. The lowest BCUT2D eigenvalue weighted by atomic mass is 10.0. The molecule has 0 aliphatic rings. The molecule has 1 heterocycles. The average molecular weight is 314 g/mol. The van der Waals surface area contributed by atoms with Crippen LogP contribution in [-0.2, 0) is 9.53 Å². The number of hydrogen-bond acceptors (Lipinski definition) is 4. The van der Waals surface area contributed by atoms with Crippen LogP contribution in [0.5, 0.6) is 0 Å². The van der Waals surface area contributed by atoms with Gasteiger partial charge in [0.2, 0.25) is 0 Å². The molecule has 1 rings (SSSR count). The Morgan fingerprint density at radius 2 is 1.94 bits per heavy atom. The van der Waals surface area contributed by atoms with E-state index in [0.717, 1.165) is 0 Å². The molecule has 0 radical (unpaired) electrons. The van der Waals surface area contributed by atoms with Crippen LogP contribution in [0.1, 0.15) is 38.1 Å². The summed E-state index contributed by atoms with van der Waals surface area (Å²) in [7, 11) is 0. The quantitative estimate of drug-likeness (QED) is 0.489. The number of nitrogens with zero attached hydrogens (tertiary/aromatic N) is 1. The van der Waals surface area contributed by atoms with Crippen molar-refractivity contribution in [3.63, 3.8) is 0 Å². The van der Waals surface area contributed by atoms with Crippen LogP contribution in [0, 0.1) is 5.92 Å². The Balaban J connectivity index is 2.81. The minimum Gasteiger partial charge on any atom is -0.459 e. The minimum atomic E-state index is -0.833. The third-order valence-corrected chi connectivity index (χ3v) is 2.58. The molecular weight excluding hydrogens is 298 g/mol. The van der Waals surface area contributed by atoms with Gasteiger partial charge in [0, 0.05) is 22.4 Å². The molecule has 18 heavy (non-hydrogen) atoms. The van der Waals surface area contributed by atoms with E-state index in [1.165, 1.54) is 13.1 Å². The van der Waals surface area contributed by atoms with Gasteiger partial charge in [0.1, 0.15) is 11.5 Å². The van der Waals surface area contributed by atoms with Crippen molar-refractivity contribution >= 4 is 27.7 Å². The maximum atomic E-state index is 12.1. The summed E-state index contributed by atoms with van der Waals surface area (Å²) in [6.07, 6.45) is 3.02. The van der Waals surface area contributed by atoms with Crippen molar-refractivity contribution in [1.82, 2.24) is 4.98 Å². The monoisotopic (exact) mass is 313 g/mol. The van der Waals surface area contributed by atoms with E-state index < -0.39 is 17.5 Å². The van der Waals surface area contributed by atoms with Gasteiger partial charge < -0.3 is 4.74 Å². The predicted octanol–water partition coefficient (Wildman–Crippen LogP) is 3.00. The standard InChI is InChI=1S/C13H16BrNO3/c1-8(12(17)18-13(2,3)4)11(16)9-5-10(14)7-15-6-9/h5-8H,1-4H3.